The molecular formula is C14H16N2O2S. The first-order chi connectivity index (χ1) is 8.90. The molecule has 100 valence electrons. The Morgan fingerprint density at radius 3 is 2.37 bits per heavy atom. The minimum Gasteiger partial charge on any atom is -0.397 e. The molecule has 0 fully saturated rings. The van der Waals surface area contributed by atoms with Crippen molar-refractivity contribution < 1.29 is 8.42 Å². The fourth-order valence-electron chi connectivity index (χ4n) is 1.89. The Bertz CT molecular complexity index is 709. The van der Waals surface area contributed by atoms with E-state index in [1.165, 1.54) is 0 Å². The zero-order valence-corrected chi connectivity index (χ0v) is 11.7. The number of nitrogens with one attached hydrogen (secondary N) is 1. The first-order valence-electron chi connectivity index (χ1n) is 5.85. The number of hydrogen-bond acceptors (Lipinski definition) is 3. The van der Waals surface area contributed by atoms with Gasteiger partial charge in [0.05, 0.1) is 16.3 Å². The van der Waals surface area contributed by atoms with E-state index in [0.29, 0.717) is 16.9 Å². The number of rotatable bonds is 3. The van der Waals surface area contributed by atoms with Crippen LogP contribution >= 0.6 is 0 Å². The monoisotopic (exact) mass is 276 g/mol. The second-order valence-corrected chi connectivity index (χ2v) is 6.11. The molecule has 0 aliphatic heterocycles. The van der Waals surface area contributed by atoms with Crippen LogP contribution < -0.4 is 10.5 Å². The quantitative estimate of drug-likeness (QED) is 0.847. The normalized spacial score (nSPS) is 11.3. The van der Waals surface area contributed by atoms with E-state index >= 15 is 0 Å². The maximum Gasteiger partial charge on any atom is 0.262 e. The lowest BCUT2D eigenvalue weighted by Crippen LogP contribution is -2.15. The standard InChI is InChI=1S/C14H16N2O2S/c1-10-7-8-14(11(2)9-10)19(17,18)16-13-6-4-3-5-12(13)15/h3-9,16H,15H2,1-2H3. The second-order valence-electron chi connectivity index (χ2n) is 4.46. The molecule has 0 bridgehead atoms. The van der Waals surface area contributed by atoms with E-state index in [9.17, 15) is 8.42 Å². The van der Waals surface area contributed by atoms with Crippen molar-refractivity contribution in [1.82, 2.24) is 0 Å². The smallest absolute Gasteiger partial charge is 0.262 e. The van der Waals surface area contributed by atoms with Gasteiger partial charge in [-0.1, -0.05) is 29.8 Å². The molecule has 2 aromatic rings. The molecule has 0 saturated carbocycles. The molecule has 0 atom stereocenters. The van der Waals surface area contributed by atoms with Crippen LogP contribution in [-0.2, 0) is 10.0 Å². The number of anilines is 2. The van der Waals surface area contributed by atoms with Crippen molar-refractivity contribution in [3.05, 3.63) is 53.6 Å². The van der Waals surface area contributed by atoms with Gasteiger partial charge in [0, 0.05) is 0 Å². The summed E-state index contributed by atoms with van der Waals surface area (Å²) in [5.74, 6) is 0. The van der Waals surface area contributed by atoms with Gasteiger partial charge in [-0.15, -0.1) is 0 Å². The third-order valence-electron chi connectivity index (χ3n) is 2.83. The van der Waals surface area contributed by atoms with Gasteiger partial charge in [-0.3, -0.25) is 4.72 Å². The summed E-state index contributed by atoms with van der Waals surface area (Å²) in [4.78, 5) is 0.265. The lowest BCUT2D eigenvalue weighted by atomic mass is 10.2. The van der Waals surface area contributed by atoms with Crippen LogP contribution in [0.3, 0.4) is 0 Å². The maximum atomic E-state index is 12.3. The van der Waals surface area contributed by atoms with Gasteiger partial charge in [0.25, 0.3) is 10.0 Å². The number of benzene rings is 2. The van der Waals surface area contributed by atoms with Crippen LogP contribution in [0.2, 0.25) is 0 Å². The summed E-state index contributed by atoms with van der Waals surface area (Å²) in [6.45, 7) is 3.70. The lowest BCUT2D eigenvalue weighted by molar-refractivity contribution is 0.600. The van der Waals surface area contributed by atoms with E-state index in [4.69, 9.17) is 5.73 Å². The molecule has 0 aliphatic rings. The third kappa shape index (κ3) is 2.88. The summed E-state index contributed by atoms with van der Waals surface area (Å²) in [6.07, 6.45) is 0. The van der Waals surface area contributed by atoms with Crippen molar-refractivity contribution in [3.8, 4) is 0 Å². The zero-order valence-electron chi connectivity index (χ0n) is 10.8. The summed E-state index contributed by atoms with van der Waals surface area (Å²) in [7, 11) is -3.61. The molecule has 0 spiro atoms. The number of aryl methyl sites for hydroxylation is 2. The molecule has 0 saturated heterocycles. The maximum absolute atomic E-state index is 12.3. The highest BCUT2D eigenvalue weighted by molar-refractivity contribution is 7.92. The Balaban J connectivity index is 2.41. The van der Waals surface area contributed by atoms with E-state index < -0.39 is 10.0 Å². The summed E-state index contributed by atoms with van der Waals surface area (Å²) in [5.41, 5.74) is 8.27. The molecule has 0 amide bonds. The van der Waals surface area contributed by atoms with Crippen LogP contribution in [-0.4, -0.2) is 8.42 Å². The van der Waals surface area contributed by atoms with Gasteiger partial charge in [-0.25, -0.2) is 8.42 Å². The highest BCUT2D eigenvalue weighted by Crippen LogP contribution is 2.23. The highest BCUT2D eigenvalue weighted by Gasteiger charge is 2.17. The molecule has 2 aromatic carbocycles. The molecular weight excluding hydrogens is 260 g/mol. The predicted octanol–water partition coefficient (Wildman–Crippen LogP) is 2.69. The van der Waals surface area contributed by atoms with Crippen molar-refractivity contribution in [1.29, 1.82) is 0 Å². The van der Waals surface area contributed by atoms with Crippen LogP contribution in [0.4, 0.5) is 11.4 Å². The van der Waals surface area contributed by atoms with E-state index in [1.54, 1.807) is 43.3 Å². The first-order valence-corrected chi connectivity index (χ1v) is 7.33. The van der Waals surface area contributed by atoms with Crippen molar-refractivity contribution >= 4 is 21.4 Å². The molecule has 19 heavy (non-hydrogen) atoms. The summed E-state index contributed by atoms with van der Waals surface area (Å²) >= 11 is 0. The predicted molar refractivity (Wildman–Crippen MR) is 77.6 cm³/mol. The number of nitrogens with two attached hydrogens (primary N) is 1. The molecule has 4 nitrogen and oxygen atoms in total. The minimum absolute atomic E-state index is 0.265. The highest BCUT2D eigenvalue weighted by atomic mass is 32.2. The number of nitrogen functional groups attached to an aromatic ring is 1. The van der Waals surface area contributed by atoms with Crippen molar-refractivity contribution in [2.24, 2.45) is 0 Å². The van der Waals surface area contributed by atoms with Gasteiger partial charge in [0.15, 0.2) is 0 Å². The van der Waals surface area contributed by atoms with Crippen LogP contribution in [0.1, 0.15) is 11.1 Å². The molecule has 0 heterocycles. The largest absolute Gasteiger partial charge is 0.397 e. The topological polar surface area (TPSA) is 72.2 Å². The Labute approximate surface area is 113 Å². The summed E-state index contributed by atoms with van der Waals surface area (Å²) in [5, 5.41) is 0. The Hall–Kier alpha value is -2.01. The molecule has 0 aromatic heterocycles. The fourth-order valence-corrected chi connectivity index (χ4v) is 3.21. The molecule has 2 rings (SSSR count). The lowest BCUT2D eigenvalue weighted by Gasteiger charge is -2.12. The van der Waals surface area contributed by atoms with E-state index in [0.717, 1.165) is 5.56 Å². The van der Waals surface area contributed by atoms with Gasteiger partial charge >= 0.3 is 0 Å². The van der Waals surface area contributed by atoms with Crippen LogP contribution in [0.5, 0.6) is 0 Å². The van der Waals surface area contributed by atoms with Gasteiger partial charge in [-0.05, 0) is 37.6 Å². The number of para-hydroxylation sites is 2. The molecule has 0 radical (unpaired) electrons. The van der Waals surface area contributed by atoms with Crippen LogP contribution in [0.15, 0.2) is 47.4 Å². The van der Waals surface area contributed by atoms with Crippen molar-refractivity contribution in [2.45, 2.75) is 18.7 Å². The molecule has 3 N–H and O–H groups in total. The number of sulfonamides is 1. The minimum atomic E-state index is -3.61. The average molecular weight is 276 g/mol. The van der Waals surface area contributed by atoms with Gasteiger partial charge in [0.1, 0.15) is 0 Å². The third-order valence-corrected chi connectivity index (χ3v) is 4.35. The zero-order chi connectivity index (χ0) is 14.0. The fraction of sp³-hybridized carbons (Fsp3) is 0.143. The summed E-state index contributed by atoms with van der Waals surface area (Å²) < 4.78 is 27.1. The van der Waals surface area contributed by atoms with Crippen LogP contribution in [0, 0.1) is 13.8 Å². The van der Waals surface area contributed by atoms with Gasteiger partial charge in [0.2, 0.25) is 0 Å². The summed E-state index contributed by atoms with van der Waals surface area (Å²) in [6, 6.07) is 12.0. The Morgan fingerprint density at radius 1 is 1.05 bits per heavy atom. The molecule has 0 aliphatic carbocycles. The van der Waals surface area contributed by atoms with Crippen molar-refractivity contribution in [3.63, 3.8) is 0 Å². The van der Waals surface area contributed by atoms with Crippen LogP contribution in [0.25, 0.3) is 0 Å². The van der Waals surface area contributed by atoms with E-state index in [-0.39, 0.29) is 4.90 Å². The molecule has 0 unspecified atom stereocenters. The average Bonchev–Trinajstić information content (AvgIpc) is 2.31. The van der Waals surface area contributed by atoms with E-state index in [1.807, 2.05) is 13.0 Å². The first kappa shape index (κ1) is 13.4. The Morgan fingerprint density at radius 2 is 1.74 bits per heavy atom. The van der Waals surface area contributed by atoms with E-state index in [2.05, 4.69) is 4.72 Å². The molecule has 5 heteroatoms. The number of hydrogen-bond donors (Lipinski definition) is 2. The van der Waals surface area contributed by atoms with Gasteiger partial charge in [-0.2, -0.15) is 0 Å². The van der Waals surface area contributed by atoms with Crippen molar-refractivity contribution in [2.75, 3.05) is 10.5 Å². The SMILES string of the molecule is Cc1ccc(S(=O)(=O)Nc2ccccc2N)c(C)c1. The van der Waals surface area contributed by atoms with Gasteiger partial charge < -0.3 is 5.73 Å². The Kier molecular flexibility index (Phi) is 3.48. The second kappa shape index (κ2) is 4.93.